The van der Waals surface area contributed by atoms with Crippen molar-refractivity contribution in [3.8, 4) is 0 Å². The van der Waals surface area contributed by atoms with Crippen molar-refractivity contribution < 1.29 is 48.0 Å². The largest absolute Gasteiger partial charge is 0.469 e. The van der Waals surface area contributed by atoms with E-state index >= 15 is 0 Å². The van der Waals surface area contributed by atoms with Gasteiger partial charge < -0.3 is 24.1 Å². The number of hydrogen-bond acceptors (Lipinski definition) is 10. The van der Waals surface area contributed by atoms with Crippen molar-refractivity contribution >= 4 is 35.7 Å². The Hall–Kier alpha value is -3.53. The van der Waals surface area contributed by atoms with Crippen molar-refractivity contribution in [2.75, 3.05) is 28.4 Å². The monoisotopic (exact) mass is 462 g/mol. The van der Waals surface area contributed by atoms with Crippen LogP contribution in [0.25, 0.3) is 6.08 Å². The summed E-state index contributed by atoms with van der Waals surface area (Å²) in [4.78, 5) is 63.6. The van der Waals surface area contributed by atoms with E-state index in [1.807, 2.05) is 0 Å². The molecule has 1 aliphatic rings. The highest BCUT2D eigenvalue weighted by Crippen LogP contribution is 2.48. The van der Waals surface area contributed by atoms with Gasteiger partial charge in [0.1, 0.15) is 17.8 Å². The molecule has 10 heteroatoms. The Morgan fingerprint density at radius 3 is 1.94 bits per heavy atom. The van der Waals surface area contributed by atoms with Gasteiger partial charge in [0, 0.05) is 5.92 Å². The molecule has 2 rings (SSSR count). The molecule has 0 bridgehead atoms. The van der Waals surface area contributed by atoms with Crippen molar-refractivity contribution in [1.82, 2.24) is 0 Å². The average Bonchev–Trinajstić information content (AvgIpc) is 2.82. The van der Waals surface area contributed by atoms with Crippen LogP contribution in [0.4, 0.5) is 0 Å². The highest BCUT2D eigenvalue weighted by molar-refractivity contribution is 6.12. The van der Waals surface area contributed by atoms with E-state index in [0.29, 0.717) is 5.56 Å². The summed E-state index contributed by atoms with van der Waals surface area (Å²) in [7, 11) is 4.09. The molecule has 0 aromatic heterocycles. The predicted molar refractivity (Wildman–Crippen MR) is 112 cm³/mol. The zero-order valence-corrected chi connectivity index (χ0v) is 18.7. The first kappa shape index (κ1) is 25.7. The Morgan fingerprint density at radius 2 is 1.42 bits per heavy atom. The van der Waals surface area contributed by atoms with Crippen molar-refractivity contribution in [2.24, 2.45) is 23.7 Å². The van der Waals surface area contributed by atoms with Crippen molar-refractivity contribution in [3.63, 3.8) is 0 Å². The highest BCUT2D eigenvalue weighted by atomic mass is 16.5. The summed E-state index contributed by atoms with van der Waals surface area (Å²) < 4.78 is 18.9. The van der Waals surface area contributed by atoms with E-state index in [2.05, 4.69) is 9.47 Å². The van der Waals surface area contributed by atoms with Gasteiger partial charge in [0.15, 0.2) is 5.78 Å². The van der Waals surface area contributed by atoms with E-state index in [9.17, 15) is 29.1 Å². The average molecular weight is 462 g/mol. The summed E-state index contributed by atoms with van der Waals surface area (Å²) in [6.07, 6.45) is 2.03. The Balaban J connectivity index is 2.79. The number of Topliss-reactive ketones (excluding diaryl/α,β-unsaturated/α-hetero) is 1. The molecule has 33 heavy (non-hydrogen) atoms. The second-order valence-corrected chi connectivity index (χ2v) is 7.44. The number of carbonyl (C=O) groups is 5. The van der Waals surface area contributed by atoms with Gasteiger partial charge in [-0.3, -0.25) is 24.0 Å². The van der Waals surface area contributed by atoms with Crippen LogP contribution in [-0.2, 0) is 42.9 Å². The van der Waals surface area contributed by atoms with Crippen LogP contribution in [0.1, 0.15) is 12.0 Å². The van der Waals surface area contributed by atoms with Crippen LogP contribution < -0.4 is 0 Å². The lowest BCUT2D eigenvalue weighted by molar-refractivity contribution is -0.197. The standard InChI is InChI=1S/C23H26O10/c1-30-15(24)12-23(29)14(11-10-13-8-6-5-7-9-13)16(20(26)31-2)19(25)17(21(27)32-3)18(23)22(28)33-4/h5-11,14,16-18,29H,12H2,1-4H3/b11-10-/t14-,16+,17-,18-,23+/m1/s1. The molecule has 0 heterocycles. The summed E-state index contributed by atoms with van der Waals surface area (Å²) in [5, 5.41) is 11.8. The van der Waals surface area contributed by atoms with Crippen LogP contribution in [0.15, 0.2) is 36.4 Å². The normalized spacial score (nSPS) is 27.0. The molecule has 1 aromatic carbocycles. The van der Waals surface area contributed by atoms with E-state index in [4.69, 9.17) is 9.47 Å². The first-order valence-corrected chi connectivity index (χ1v) is 9.95. The molecular weight excluding hydrogens is 436 g/mol. The Labute approximate surface area is 190 Å². The van der Waals surface area contributed by atoms with Crippen LogP contribution in [0, 0.1) is 23.7 Å². The smallest absolute Gasteiger partial charge is 0.317 e. The first-order chi connectivity index (χ1) is 15.7. The number of carbonyl (C=O) groups excluding carboxylic acids is 5. The minimum absolute atomic E-state index is 0.652. The van der Waals surface area contributed by atoms with E-state index in [-0.39, 0.29) is 0 Å². The van der Waals surface area contributed by atoms with E-state index < -0.39 is 65.4 Å². The second kappa shape index (κ2) is 10.9. The molecule has 178 valence electrons. The Kier molecular flexibility index (Phi) is 8.47. The van der Waals surface area contributed by atoms with Crippen molar-refractivity contribution in [3.05, 3.63) is 42.0 Å². The fourth-order valence-electron chi connectivity index (χ4n) is 4.14. The number of aliphatic hydroxyl groups is 1. The lowest BCUT2D eigenvalue weighted by Crippen LogP contribution is -2.65. The Morgan fingerprint density at radius 1 is 0.879 bits per heavy atom. The Bertz CT molecular complexity index is 938. The molecule has 0 radical (unpaired) electrons. The van der Waals surface area contributed by atoms with Gasteiger partial charge in [-0.15, -0.1) is 0 Å². The van der Waals surface area contributed by atoms with Gasteiger partial charge in [-0.05, 0) is 5.56 Å². The minimum atomic E-state index is -2.43. The lowest BCUT2D eigenvalue weighted by atomic mass is 9.57. The SMILES string of the molecule is COC(=O)C[C@]1(O)[C@H](/C=C\c2ccccc2)[C@H](C(=O)OC)C(=O)[C@H](C(=O)OC)[C@@H]1C(=O)OC. The number of rotatable bonds is 7. The van der Waals surface area contributed by atoms with Crippen molar-refractivity contribution in [2.45, 2.75) is 12.0 Å². The van der Waals surface area contributed by atoms with Gasteiger partial charge in [0.25, 0.3) is 0 Å². The summed E-state index contributed by atoms with van der Waals surface area (Å²) in [5.74, 6) is -12.2. The molecular formula is C23H26O10. The summed E-state index contributed by atoms with van der Waals surface area (Å²) in [5.41, 5.74) is -1.78. The van der Waals surface area contributed by atoms with E-state index in [0.717, 1.165) is 28.4 Å². The lowest BCUT2D eigenvalue weighted by Gasteiger charge is -2.47. The van der Waals surface area contributed by atoms with Crippen LogP contribution >= 0.6 is 0 Å². The van der Waals surface area contributed by atoms with Gasteiger partial charge in [-0.1, -0.05) is 42.5 Å². The maximum absolute atomic E-state index is 13.4. The number of methoxy groups -OCH3 is 4. The number of hydrogen-bond donors (Lipinski definition) is 1. The molecule has 0 saturated heterocycles. The van der Waals surface area contributed by atoms with E-state index in [1.165, 1.54) is 12.2 Å². The van der Waals surface area contributed by atoms with Gasteiger partial charge >= 0.3 is 23.9 Å². The minimum Gasteiger partial charge on any atom is -0.469 e. The first-order valence-electron chi connectivity index (χ1n) is 9.95. The fraction of sp³-hybridized carbons (Fsp3) is 0.435. The number of esters is 4. The number of ketones is 1. The maximum atomic E-state index is 13.4. The summed E-state index contributed by atoms with van der Waals surface area (Å²) in [6, 6.07) is 8.72. The maximum Gasteiger partial charge on any atom is 0.317 e. The molecule has 1 fully saturated rings. The highest BCUT2D eigenvalue weighted by Gasteiger charge is 2.65. The van der Waals surface area contributed by atoms with Crippen molar-refractivity contribution in [1.29, 1.82) is 0 Å². The fourth-order valence-corrected chi connectivity index (χ4v) is 4.14. The number of benzene rings is 1. The topological polar surface area (TPSA) is 142 Å². The molecule has 1 aliphatic carbocycles. The van der Waals surface area contributed by atoms with Gasteiger partial charge in [0.2, 0.25) is 0 Å². The molecule has 0 spiro atoms. The third-order valence-electron chi connectivity index (χ3n) is 5.74. The predicted octanol–water partition coefficient (Wildman–Crippen LogP) is 0.560. The van der Waals surface area contributed by atoms with Crippen LogP contribution in [0.3, 0.4) is 0 Å². The number of ether oxygens (including phenoxy) is 4. The van der Waals surface area contributed by atoms with Crippen LogP contribution in [-0.4, -0.2) is 68.8 Å². The van der Waals surface area contributed by atoms with Gasteiger partial charge in [-0.2, -0.15) is 0 Å². The molecule has 1 saturated carbocycles. The second-order valence-electron chi connectivity index (χ2n) is 7.44. The zero-order chi connectivity index (χ0) is 24.8. The third kappa shape index (κ3) is 5.11. The molecule has 0 amide bonds. The molecule has 1 N–H and O–H groups in total. The summed E-state index contributed by atoms with van der Waals surface area (Å²) >= 11 is 0. The molecule has 10 nitrogen and oxygen atoms in total. The quantitative estimate of drug-likeness (QED) is 0.347. The third-order valence-corrected chi connectivity index (χ3v) is 5.74. The van der Waals surface area contributed by atoms with Crippen LogP contribution in [0.2, 0.25) is 0 Å². The molecule has 1 aromatic rings. The van der Waals surface area contributed by atoms with Gasteiger partial charge in [0.05, 0.1) is 40.5 Å². The van der Waals surface area contributed by atoms with E-state index in [1.54, 1.807) is 30.3 Å². The van der Waals surface area contributed by atoms with Gasteiger partial charge in [-0.25, -0.2) is 0 Å². The van der Waals surface area contributed by atoms with Crippen LogP contribution in [0.5, 0.6) is 0 Å². The molecule has 0 aliphatic heterocycles. The zero-order valence-electron chi connectivity index (χ0n) is 18.7. The molecule has 0 unspecified atom stereocenters. The molecule has 5 atom stereocenters. The summed E-state index contributed by atoms with van der Waals surface area (Å²) in [6.45, 7) is 0.